The van der Waals surface area contributed by atoms with Crippen LogP contribution in [-0.2, 0) is 4.43 Å². The molecule has 0 amide bonds. The van der Waals surface area contributed by atoms with Crippen molar-refractivity contribution in [3.63, 3.8) is 0 Å². The van der Waals surface area contributed by atoms with E-state index in [0.717, 1.165) is 10.0 Å². The predicted octanol–water partition coefficient (Wildman–Crippen LogP) is 5.06. The third-order valence-corrected chi connectivity index (χ3v) is 9.14. The van der Waals surface area contributed by atoms with Crippen molar-refractivity contribution in [1.29, 1.82) is 0 Å². The van der Waals surface area contributed by atoms with Crippen LogP contribution in [0, 0.1) is 0 Å². The SMILES string of the molecule is C=C(CO)[C@@H](O[Si](C)(C)C(C)(C)C)c1ccccc1Br. The van der Waals surface area contributed by atoms with Crippen LogP contribution in [0.15, 0.2) is 40.9 Å². The molecule has 0 aromatic heterocycles. The highest BCUT2D eigenvalue weighted by Gasteiger charge is 2.40. The minimum Gasteiger partial charge on any atom is -0.406 e. The second-order valence-corrected chi connectivity index (χ2v) is 12.2. The van der Waals surface area contributed by atoms with Crippen LogP contribution in [0.2, 0.25) is 18.1 Å². The predicted molar refractivity (Wildman–Crippen MR) is 91.4 cm³/mol. The number of halogens is 1. The lowest BCUT2D eigenvalue weighted by Crippen LogP contribution is -2.42. The molecule has 1 aromatic rings. The smallest absolute Gasteiger partial charge is 0.193 e. The molecule has 4 heteroatoms. The molecule has 0 aliphatic heterocycles. The van der Waals surface area contributed by atoms with Gasteiger partial charge in [0.15, 0.2) is 8.32 Å². The van der Waals surface area contributed by atoms with E-state index in [9.17, 15) is 5.11 Å². The summed E-state index contributed by atoms with van der Waals surface area (Å²) in [4.78, 5) is 0. The van der Waals surface area contributed by atoms with Crippen LogP contribution in [-0.4, -0.2) is 20.0 Å². The summed E-state index contributed by atoms with van der Waals surface area (Å²) in [6.07, 6.45) is -0.267. The van der Waals surface area contributed by atoms with Crippen molar-refractivity contribution in [3.8, 4) is 0 Å². The van der Waals surface area contributed by atoms with Crippen LogP contribution in [0.25, 0.3) is 0 Å². The molecular formula is C16H25BrO2Si. The Morgan fingerprint density at radius 2 is 1.90 bits per heavy atom. The fourth-order valence-electron chi connectivity index (χ4n) is 1.61. The quantitative estimate of drug-likeness (QED) is 0.590. The first-order valence-electron chi connectivity index (χ1n) is 6.81. The lowest BCUT2D eigenvalue weighted by Gasteiger charge is -2.40. The Hall–Kier alpha value is -0.423. The summed E-state index contributed by atoms with van der Waals surface area (Å²) in [5.41, 5.74) is 1.72. The maximum Gasteiger partial charge on any atom is 0.193 e. The largest absolute Gasteiger partial charge is 0.406 e. The van der Waals surface area contributed by atoms with Crippen LogP contribution in [0.3, 0.4) is 0 Å². The molecule has 1 rings (SSSR count). The van der Waals surface area contributed by atoms with Crippen LogP contribution >= 0.6 is 15.9 Å². The van der Waals surface area contributed by atoms with Crippen molar-refractivity contribution >= 4 is 24.2 Å². The molecule has 112 valence electrons. The van der Waals surface area contributed by atoms with E-state index in [1.165, 1.54) is 0 Å². The molecule has 20 heavy (non-hydrogen) atoms. The molecule has 0 bridgehead atoms. The van der Waals surface area contributed by atoms with Gasteiger partial charge in [-0.05, 0) is 35.3 Å². The first-order chi connectivity index (χ1) is 9.10. The first-order valence-corrected chi connectivity index (χ1v) is 10.5. The highest BCUT2D eigenvalue weighted by Crippen LogP contribution is 2.42. The van der Waals surface area contributed by atoms with E-state index in [1.54, 1.807) is 0 Å². The van der Waals surface area contributed by atoms with Crippen molar-refractivity contribution in [2.45, 2.75) is 45.0 Å². The van der Waals surface area contributed by atoms with E-state index in [-0.39, 0.29) is 17.7 Å². The van der Waals surface area contributed by atoms with Gasteiger partial charge in [0.05, 0.1) is 12.7 Å². The van der Waals surface area contributed by atoms with E-state index in [4.69, 9.17) is 4.43 Å². The van der Waals surface area contributed by atoms with Gasteiger partial charge in [-0.1, -0.05) is 61.5 Å². The monoisotopic (exact) mass is 356 g/mol. The lowest BCUT2D eigenvalue weighted by atomic mass is 10.0. The van der Waals surface area contributed by atoms with Crippen molar-refractivity contribution in [2.24, 2.45) is 0 Å². The van der Waals surface area contributed by atoms with E-state index in [2.05, 4.69) is 56.4 Å². The molecule has 0 radical (unpaired) electrons. The molecule has 0 aliphatic carbocycles. The van der Waals surface area contributed by atoms with Gasteiger partial charge >= 0.3 is 0 Å². The Bertz CT molecular complexity index is 478. The van der Waals surface area contributed by atoms with Gasteiger partial charge in [0.25, 0.3) is 0 Å². The Morgan fingerprint density at radius 3 is 2.35 bits per heavy atom. The first kappa shape index (κ1) is 17.6. The molecule has 0 saturated carbocycles. The van der Waals surface area contributed by atoms with E-state index in [0.29, 0.717) is 5.57 Å². The summed E-state index contributed by atoms with van der Waals surface area (Å²) in [5.74, 6) is 0. The molecule has 0 unspecified atom stereocenters. The van der Waals surface area contributed by atoms with Crippen LogP contribution in [0.5, 0.6) is 0 Å². The minimum atomic E-state index is -1.95. The van der Waals surface area contributed by atoms with Gasteiger partial charge in [0.1, 0.15) is 0 Å². The molecule has 2 nitrogen and oxygen atoms in total. The second-order valence-electron chi connectivity index (χ2n) is 6.60. The van der Waals surface area contributed by atoms with Crippen LogP contribution in [0.1, 0.15) is 32.4 Å². The summed E-state index contributed by atoms with van der Waals surface area (Å²) in [5, 5.41) is 9.59. The summed E-state index contributed by atoms with van der Waals surface area (Å²) >= 11 is 3.57. The number of hydrogen-bond donors (Lipinski definition) is 1. The number of benzene rings is 1. The number of rotatable bonds is 5. The van der Waals surface area contributed by atoms with Gasteiger partial charge in [-0.3, -0.25) is 0 Å². The van der Waals surface area contributed by atoms with Crippen molar-refractivity contribution in [2.75, 3.05) is 6.61 Å². The summed E-state index contributed by atoms with van der Waals surface area (Å²) in [6.45, 7) is 15.0. The molecule has 0 saturated heterocycles. The summed E-state index contributed by atoms with van der Waals surface area (Å²) in [6, 6.07) is 7.95. The third kappa shape index (κ3) is 4.04. The van der Waals surface area contributed by atoms with Gasteiger partial charge in [0.2, 0.25) is 0 Å². The molecular weight excluding hydrogens is 332 g/mol. The average molecular weight is 357 g/mol. The molecule has 1 aromatic carbocycles. The zero-order valence-electron chi connectivity index (χ0n) is 13.0. The standard InChI is InChI=1S/C16H25BrO2Si/c1-12(11-18)15(13-9-7-8-10-14(13)17)19-20(5,6)16(2,3)4/h7-10,15,18H,1,11H2,2-6H3/t15-/m1/s1. The Balaban J connectivity index is 3.16. The fraction of sp³-hybridized carbons (Fsp3) is 0.500. The Morgan fingerprint density at radius 1 is 1.35 bits per heavy atom. The molecule has 0 heterocycles. The maximum atomic E-state index is 9.48. The molecule has 0 aliphatic rings. The third-order valence-electron chi connectivity index (χ3n) is 3.98. The van der Waals surface area contributed by atoms with Crippen molar-refractivity contribution in [1.82, 2.24) is 0 Å². The van der Waals surface area contributed by atoms with Gasteiger partial charge in [-0.25, -0.2) is 0 Å². The highest BCUT2D eigenvalue weighted by atomic mass is 79.9. The second kappa shape index (κ2) is 6.56. The van der Waals surface area contributed by atoms with Gasteiger partial charge in [-0.15, -0.1) is 0 Å². The maximum absolute atomic E-state index is 9.48. The minimum absolute atomic E-state index is 0.0688. The van der Waals surface area contributed by atoms with Crippen LogP contribution < -0.4 is 0 Å². The lowest BCUT2D eigenvalue weighted by molar-refractivity contribution is 0.194. The van der Waals surface area contributed by atoms with Crippen LogP contribution in [0.4, 0.5) is 0 Å². The number of aliphatic hydroxyl groups excluding tert-OH is 1. The Kier molecular flexibility index (Phi) is 5.78. The zero-order chi connectivity index (χ0) is 15.6. The topological polar surface area (TPSA) is 29.5 Å². The summed E-state index contributed by atoms with van der Waals surface area (Å²) in [7, 11) is -1.95. The van der Waals surface area contributed by atoms with Crippen molar-refractivity contribution < 1.29 is 9.53 Å². The van der Waals surface area contributed by atoms with Gasteiger partial charge in [-0.2, -0.15) is 0 Å². The van der Waals surface area contributed by atoms with E-state index >= 15 is 0 Å². The fourth-order valence-corrected chi connectivity index (χ4v) is 3.34. The van der Waals surface area contributed by atoms with E-state index < -0.39 is 8.32 Å². The van der Waals surface area contributed by atoms with Crippen molar-refractivity contribution in [3.05, 3.63) is 46.5 Å². The molecule has 1 N–H and O–H groups in total. The van der Waals surface area contributed by atoms with Gasteiger partial charge in [0, 0.05) is 4.47 Å². The zero-order valence-corrected chi connectivity index (χ0v) is 15.6. The Labute approximate surface area is 132 Å². The number of aliphatic hydroxyl groups is 1. The normalized spacial score (nSPS) is 14.2. The van der Waals surface area contributed by atoms with Gasteiger partial charge < -0.3 is 9.53 Å². The highest BCUT2D eigenvalue weighted by molar-refractivity contribution is 9.10. The average Bonchev–Trinajstić information content (AvgIpc) is 2.34. The molecule has 0 fully saturated rings. The van der Waals surface area contributed by atoms with E-state index in [1.807, 2.05) is 24.3 Å². The molecule has 1 atom stereocenters. The summed E-state index contributed by atoms with van der Waals surface area (Å²) < 4.78 is 7.46. The molecule has 0 spiro atoms. The number of hydrogen-bond acceptors (Lipinski definition) is 2.